The molecule has 23 heavy (non-hydrogen) atoms. The summed E-state index contributed by atoms with van der Waals surface area (Å²) in [5, 5.41) is 3.58. The molecular formula is C17H25ClN2O3. The van der Waals surface area contributed by atoms with Crippen LogP contribution in [-0.4, -0.2) is 49.2 Å². The third-order valence-electron chi connectivity index (χ3n) is 4.37. The van der Waals surface area contributed by atoms with E-state index in [-0.39, 0.29) is 24.9 Å². The van der Waals surface area contributed by atoms with Gasteiger partial charge in [0, 0.05) is 25.2 Å². The zero-order valence-corrected chi connectivity index (χ0v) is 14.3. The van der Waals surface area contributed by atoms with Crippen molar-refractivity contribution in [1.82, 2.24) is 10.2 Å². The van der Waals surface area contributed by atoms with Crippen LogP contribution in [0.1, 0.15) is 26.2 Å². The second-order valence-corrected chi connectivity index (χ2v) is 5.96. The third kappa shape index (κ3) is 4.75. The van der Waals surface area contributed by atoms with Gasteiger partial charge in [-0.3, -0.25) is 4.79 Å². The molecule has 1 aromatic carbocycles. The van der Waals surface area contributed by atoms with Gasteiger partial charge in [0.1, 0.15) is 11.5 Å². The summed E-state index contributed by atoms with van der Waals surface area (Å²) in [5.41, 5.74) is 0. The Kier molecular flexibility index (Phi) is 6.54. The molecule has 6 heteroatoms. The first kappa shape index (κ1) is 17.9. The molecule has 1 amide bonds. The van der Waals surface area contributed by atoms with Gasteiger partial charge in [-0.1, -0.05) is 0 Å². The number of likely N-dealkylation sites (tertiary alicyclic amines) is 1. The van der Waals surface area contributed by atoms with Crippen LogP contribution in [0.15, 0.2) is 24.3 Å². The van der Waals surface area contributed by atoms with Crippen molar-refractivity contribution in [2.45, 2.75) is 38.3 Å². The molecule has 1 N–H and O–H groups in total. The highest BCUT2D eigenvalue weighted by atomic mass is 35.5. The molecule has 3 rings (SSSR count). The van der Waals surface area contributed by atoms with E-state index in [0.717, 1.165) is 25.3 Å². The van der Waals surface area contributed by atoms with Crippen LogP contribution >= 0.6 is 12.4 Å². The van der Waals surface area contributed by atoms with Crippen molar-refractivity contribution < 1.29 is 14.3 Å². The molecule has 2 saturated heterocycles. The van der Waals surface area contributed by atoms with E-state index in [1.807, 2.05) is 36.1 Å². The Bertz CT molecular complexity index is 509. The zero-order chi connectivity index (χ0) is 15.4. The summed E-state index contributed by atoms with van der Waals surface area (Å²) < 4.78 is 11.0. The Balaban J connectivity index is 0.00000192. The smallest absolute Gasteiger partial charge is 0.260 e. The summed E-state index contributed by atoms with van der Waals surface area (Å²) in [4.78, 5) is 14.3. The molecule has 0 spiro atoms. The summed E-state index contributed by atoms with van der Waals surface area (Å²) in [6.45, 7) is 4.34. The van der Waals surface area contributed by atoms with Gasteiger partial charge in [-0.05, 0) is 50.5 Å². The monoisotopic (exact) mass is 340 g/mol. The number of ether oxygens (including phenoxy) is 2. The van der Waals surface area contributed by atoms with Gasteiger partial charge in [-0.15, -0.1) is 12.4 Å². The molecule has 2 atom stereocenters. The Morgan fingerprint density at radius 3 is 2.48 bits per heavy atom. The number of fused-ring (bicyclic) bond motifs is 2. The van der Waals surface area contributed by atoms with Crippen molar-refractivity contribution in [3.8, 4) is 11.5 Å². The van der Waals surface area contributed by atoms with Gasteiger partial charge < -0.3 is 19.7 Å². The van der Waals surface area contributed by atoms with Crippen LogP contribution in [0.25, 0.3) is 0 Å². The summed E-state index contributed by atoms with van der Waals surface area (Å²) >= 11 is 0. The fourth-order valence-corrected chi connectivity index (χ4v) is 3.20. The molecule has 2 bridgehead atoms. The van der Waals surface area contributed by atoms with Gasteiger partial charge in [0.05, 0.1) is 6.61 Å². The van der Waals surface area contributed by atoms with E-state index in [9.17, 15) is 4.79 Å². The minimum absolute atomic E-state index is 0. The van der Waals surface area contributed by atoms with Crippen LogP contribution in [-0.2, 0) is 4.79 Å². The molecular weight excluding hydrogens is 316 g/mol. The molecule has 2 unspecified atom stereocenters. The maximum absolute atomic E-state index is 12.3. The number of hydrogen-bond acceptors (Lipinski definition) is 4. The molecule has 2 fully saturated rings. The minimum atomic E-state index is 0. The lowest BCUT2D eigenvalue weighted by Crippen LogP contribution is -2.41. The van der Waals surface area contributed by atoms with Crippen molar-refractivity contribution >= 4 is 18.3 Å². The first-order valence-corrected chi connectivity index (χ1v) is 8.14. The van der Waals surface area contributed by atoms with Crippen LogP contribution in [0.3, 0.4) is 0 Å². The molecule has 1 aromatic rings. The highest BCUT2D eigenvalue weighted by Crippen LogP contribution is 2.21. The van der Waals surface area contributed by atoms with Crippen molar-refractivity contribution in [3.05, 3.63) is 24.3 Å². The summed E-state index contributed by atoms with van der Waals surface area (Å²) in [7, 11) is 0. The van der Waals surface area contributed by atoms with E-state index in [1.165, 1.54) is 12.8 Å². The molecule has 0 aromatic heterocycles. The molecule has 0 aliphatic carbocycles. The van der Waals surface area contributed by atoms with Gasteiger partial charge >= 0.3 is 0 Å². The fraction of sp³-hybridized carbons (Fsp3) is 0.588. The van der Waals surface area contributed by atoms with Gasteiger partial charge in [0.15, 0.2) is 6.61 Å². The molecule has 2 aliphatic heterocycles. The van der Waals surface area contributed by atoms with E-state index in [1.54, 1.807) is 0 Å². The SMILES string of the molecule is CCOc1ccc(OCC(=O)N2CCC3CCC(C2)N3)cc1.Cl. The predicted octanol–water partition coefficient (Wildman–Crippen LogP) is 2.24. The van der Waals surface area contributed by atoms with E-state index in [4.69, 9.17) is 9.47 Å². The zero-order valence-electron chi connectivity index (χ0n) is 13.5. The van der Waals surface area contributed by atoms with Crippen LogP contribution in [0.4, 0.5) is 0 Å². The van der Waals surface area contributed by atoms with Gasteiger partial charge in [0.25, 0.3) is 5.91 Å². The van der Waals surface area contributed by atoms with E-state index in [2.05, 4.69) is 5.32 Å². The van der Waals surface area contributed by atoms with E-state index < -0.39 is 0 Å². The van der Waals surface area contributed by atoms with Crippen LogP contribution in [0.2, 0.25) is 0 Å². The van der Waals surface area contributed by atoms with Crippen LogP contribution in [0, 0.1) is 0 Å². The largest absolute Gasteiger partial charge is 0.494 e. The summed E-state index contributed by atoms with van der Waals surface area (Å²) in [5.74, 6) is 1.59. The highest BCUT2D eigenvalue weighted by molar-refractivity contribution is 5.85. The molecule has 2 aliphatic rings. The van der Waals surface area contributed by atoms with Crippen molar-refractivity contribution in [2.24, 2.45) is 0 Å². The Morgan fingerprint density at radius 2 is 1.78 bits per heavy atom. The van der Waals surface area contributed by atoms with Crippen molar-refractivity contribution in [1.29, 1.82) is 0 Å². The third-order valence-corrected chi connectivity index (χ3v) is 4.37. The Morgan fingerprint density at radius 1 is 1.13 bits per heavy atom. The van der Waals surface area contributed by atoms with Crippen molar-refractivity contribution in [3.63, 3.8) is 0 Å². The molecule has 0 saturated carbocycles. The lowest BCUT2D eigenvalue weighted by molar-refractivity contribution is -0.133. The highest BCUT2D eigenvalue weighted by Gasteiger charge is 2.31. The quantitative estimate of drug-likeness (QED) is 0.893. The number of benzene rings is 1. The molecule has 128 valence electrons. The number of nitrogens with one attached hydrogen (secondary N) is 1. The topological polar surface area (TPSA) is 50.8 Å². The maximum atomic E-state index is 12.3. The molecule has 2 heterocycles. The molecule has 5 nitrogen and oxygen atoms in total. The number of rotatable bonds is 5. The maximum Gasteiger partial charge on any atom is 0.260 e. The van der Waals surface area contributed by atoms with E-state index in [0.29, 0.717) is 24.4 Å². The molecule has 0 radical (unpaired) electrons. The average molecular weight is 341 g/mol. The van der Waals surface area contributed by atoms with Crippen LogP contribution < -0.4 is 14.8 Å². The van der Waals surface area contributed by atoms with E-state index >= 15 is 0 Å². The number of halogens is 1. The lowest BCUT2D eigenvalue weighted by atomic mass is 10.1. The normalized spacial score (nSPS) is 22.9. The second-order valence-electron chi connectivity index (χ2n) is 5.96. The minimum Gasteiger partial charge on any atom is -0.494 e. The van der Waals surface area contributed by atoms with Gasteiger partial charge in [-0.2, -0.15) is 0 Å². The summed E-state index contributed by atoms with van der Waals surface area (Å²) in [6, 6.07) is 8.45. The second kappa shape index (κ2) is 8.41. The first-order chi connectivity index (χ1) is 10.7. The van der Waals surface area contributed by atoms with Crippen LogP contribution in [0.5, 0.6) is 11.5 Å². The fourth-order valence-electron chi connectivity index (χ4n) is 3.20. The standard InChI is InChI=1S/C17H24N2O3.ClH/c1-2-21-15-5-7-16(8-6-15)22-12-17(20)19-10-9-13-3-4-14(11-19)18-13;/h5-8,13-14,18H,2-4,9-12H2,1H3;1H. The van der Waals surface area contributed by atoms with Gasteiger partial charge in [0.2, 0.25) is 0 Å². The number of amides is 1. The van der Waals surface area contributed by atoms with Gasteiger partial charge in [-0.25, -0.2) is 0 Å². The number of carbonyl (C=O) groups excluding carboxylic acids is 1. The predicted molar refractivity (Wildman–Crippen MR) is 91.5 cm³/mol. The average Bonchev–Trinajstić information content (AvgIpc) is 2.86. The van der Waals surface area contributed by atoms with Crippen molar-refractivity contribution in [2.75, 3.05) is 26.3 Å². The number of hydrogen-bond donors (Lipinski definition) is 1. The number of carbonyl (C=O) groups is 1. The summed E-state index contributed by atoms with van der Waals surface area (Å²) in [6.07, 6.45) is 3.47. The lowest BCUT2D eigenvalue weighted by Gasteiger charge is -2.24. The Hall–Kier alpha value is -1.46. The number of nitrogens with zero attached hydrogens (tertiary/aromatic N) is 1. The Labute approximate surface area is 143 Å². The first-order valence-electron chi connectivity index (χ1n) is 8.14.